The number of allylic oxidation sites excluding steroid dienone is 1. The SMILES string of the molecule is C=CCC[C@@H](N)c1cc(OC)cc(C(F)(F)F)c1. The van der Waals surface area contributed by atoms with Crippen LogP contribution in [0.1, 0.15) is 30.0 Å². The maximum Gasteiger partial charge on any atom is 0.416 e. The number of benzene rings is 1. The fourth-order valence-electron chi connectivity index (χ4n) is 1.58. The molecule has 1 atom stereocenters. The second kappa shape index (κ2) is 5.91. The number of alkyl halides is 3. The third-order valence-corrected chi connectivity index (χ3v) is 2.60. The van der Waals surface area contributed by atoms with Crippen LogP contribution >= 0.6 is 0 Å². The number of hydrogen-bond donors (Lipinski definition) is 1. The molecule has 0 amide bonds. The summed E-state index contributed by atoms with van der Waals surface area (Å²) in [5.74, 6) is 0.161. The Morgan fingerprint density at radius 2 is 2.06 bits per heavy atom. The molecule has 2 nitrogen and oxygen atoms in total. The topological polar surface area (TPSA) is 35.2 Å². The highest BCUT2D eigenvalue weighted by atomic mass is 19.4. The Labute approximate surface area is 104 Å². The summed E-state index contributed by atoms with van der Waals surface area (Å²) in [6.45, 7) is 3.56. The Hall–Kier alpha value is -1.49. The molecule has 0 aromatic heterocycles. The van der Waals surface area contributed by atoms with E-state index in [0.29, 0.717) is 18.4 Å². The smallest absolute Gasteiger partial charge is 0.416 e. The minimum absolute atomic E-state index is 0.161. The van der Waals surface area contributed by atoms with E-state index in [1.54, 1.807) is 6.08 Å². The van der Waals surface area contributed by atoms with E-state index in [4.69, 9.17) is 10.5 Å². The molecule has 18 heavy (non-hydrogen) atoms. The van der Waals surface area contributed by atoms with Gasteiger partial charge in [-0.2, -0.15) is 13.2 Å². The number of halogens is 3. The van der Waals surface area contributed by atoms with E-state index in [0.717, 1.165) is 12.1 Å². The normalized spacial score (nSPS) is 13.2. The minimum Gasteiger partial charge on any atom is -0.497 e. The summed E-state index contributed by atoms with van der Waals surface area (Å²) in [5.41, 5.74) is 5.52. The van der Waals surface area contributed by atoms with Gasteiger partial charge in [-0.05, 0) is 36.6 Å². The van der Waals surface area contributed by atoms with Crippen molar-refractivity contribution in [3.63, 3.8) is 0 Å². The molecular formula is C13H16F3NO. The van der Waals surface area contributed by atoms with Crippen molar-refractivity contribution in [1.29, 1.82) is 0 Å². The van der Waals surface area contributed by atoms with Crippen LogP contribution in [0.5, 0.6) is 5.75 Å². The van der Waals surface area contributed by atoms with Crippen molar-refractivity contribution < 1.29 is 17.9 Å². The van der Waals surface area contributed by atoms with Crippen molar-refractivity contribution >= 4 is 0 Å². The van der Waals surface area contributed by atoms with Crippen molar-refractivity contribution in [3.05, 3.63) is 42.0 Å². The van der Waals surface area contributed by atoms with Gasteiger partial charge in [0.15, 0.2) is 0 Å². The van der Waals surface area contributed by atoms with Crippen LogP contribution < -0.4 is 10.5 Å². The number of methoxy groups -OCH3 is 1. The molecule has 0 saturated carbocycles. The second-order valence-electron chi connectivity index (χ2n) is 3.97. The highest BCUT2D eigenvalue weighted by Gasteiger charge is 2.31. The summed E-state index contributed by atoms with van der Waals surface area (Å²) in [5, 5.41) is 0. The summed E-state index contributed by atoms with van der Waals surface area (Å²) in [6.07, 6.45) is -1.51. The van der Waals surface area contributed by atoms with Crippen LogP contribution in [0.15, 0.2) is 30.9 Å². The van der Waals surface area contributed by atoms with E-state index < -0.39 is 17.8 Å². The molecule has 0 aliphatic heterocycles. The maximum atomic E-state index is 12.7. The summed E-state index contributed by atoms with van der Waals surface area (Å²) < 4.78 is 42.9. The highest BCUT2D eigenvalue weighted by Crippen LogP contribution is 2.34. The summed E-state index contributed by atoms with van der Waals surface area (Å²) in [6, 6.07) is 3.10. The van der Waals surface area contributed by atoms with E-state index in [1.807, 2.05) is 0 Å². The lowest BCUT2D eigenvalue weighted by Crippen LogP contribution is -2.13. The quantitative estimate of drug-likeness (QED) is 0.819. The zero-order chi connectivity index (χ0) is 13.8. The third-order valence-electron chi connectivity index (χ3n) is 2.60. The molecule has 1 rings (SSSR count). The van der Waals surface area contributed by atoms with Crippen molar-refractivity contribution in [2.45, 2.75) is 25.1 Å². The van der Waals surface area contributed by atoms with Crippen molar-refractivity contribution in [1.82, 2.24) is 0 Å². The monoisotopic (exact) mass is 259 g/mol. The first kappa shape index (κ1) is 14.6. The average Bonchev–Trinajstić information content (AvgIpc) is 2.34. The molecule has 0 spiro atoms. The van der Waals surface area contributed by atoms with Gasteiger partial charge in [-0.25, -0.2) is 0 Å². The molecule has 1 aromatic rings. The van der Waals surface area contributed by atoms with Crippen LogP contribution in [0, 0.1) is 0 Å². The molecule has 0 heterocycles. The van der Waals surface area contributed by atoms with Gasteiger partial charge in [0.05, 0.1) is 12.7 Å². The zero-order valence-electron chi connectivity index (χ0n) is 10.1. The number of rotatable bonds is 5. The van der Waals surface area contributed by atoms with Crippen LogP contribution in [0.3, 0.4) is 0 Å². The van der Waals surface area contributed by atoms with Crippen molar-refractivity contribution in [3.8, 4) is 5.75 Å². The van der Waals surface area contributed by atoms with Crippen molar-refractivity contribution in [2.75, 3.05) is 7.11 Å². The Bertz CT molecular complexity index is 415. The second-order valence-corrected chi connectivity index (χ2v) is 3.97. The third kappa shape index (κ3) is 3.77. The number of hydrogen-bond acceptors (Lipinski definition) is 2. The molecule has 0 radical (unpaired) electrons. The fourth-order valence-corrected chi connectivity index (χ4v) is 1.58. The van der Waals surface area contributed by atoms with Gasteiger partial charge in [0.1, 0.15) is 5.75 Å². The number of ether oxygens (including phenoxy) is 1. The molecule has 100 valence electrons. The Morgan fingerprint density at radius 1 is 1.39 bits per heavy atom. The van der Waals surface area contributed by atoms with Gasteiger partial charge in [-0.1, -0.05) is 6.08 Å². The molecule has 0 fully saturated rings. The van der Waals surface area contributed by atoms with Crippen LogP contribution in [0.2, 0.25) is 0 Å². The molecule has 0 aliphatic carbocycles. The molecule has 0 bridgehead atoms. The van der Waals surface area contributed by atoms with Gasteiger partial charge in [0.2, 0.25) is 0 Å². The summed E-state index contributed by atoms with van der Waals surface area (Å²) >= 11 is 0. The van der Waals surface area contributed by atoms with Crippen LogP contribution in [0.4, 0.5) is 13.2 Å². The lowest BCUT2D eigenvalue weighted by Gasteiger charge is -2.15. The zero-order valence-corrected chi connectivity index (χ0v) is 10.1. The largest absolute Gasteiger partial charge is 0.497 e. The van der Waals surface area contributed by atoms with E-state index >= 15 is 0 Å². The maximum absolute atomic E-state index is 12.7. The predicted octanol–water partition coefficient (Wildman–Crippen LogP) is 3.68. The Morgan fingerprint density at radius 3 is 2.56 bits per heavy atom. The Balaban J connectivity index is 3.07. The molecule has 2 N–H and O–H groups in total. The van der Waals surface area contributed by atoms with E-state index in [2.05, 4.69) is 6.58 Å². The van der Waals surface area contributed by atoms with E-state index in [9.17, 15) is 13.2 Å². The molecule has 0 unspecified atom stereocenters. The molecule has 1 aromatic carbocycles. The van der Waals surface area contributed by atoms with E-state index in [-0.39, 0.29) is 5.75 Å². The first-order chi connectivity index (χ1) is 8.38. The summed E-state index contributed by atoms with van der Waals surface area (Å²) in [4.78, 5) is 0. The Kier molecular flexibility index (Phi) is 4.78. The van der Waals surface area contributed by atoms with Gasteiger partial charge in [-0.3, -0.25) is 0 Å². The first-order valence-electron chi connectivity index (χ1n) is 5.51. The van der Waals surface area contributed by atoms with Gasteiger partial charge < -0.3 is 10.5 Å². The molecule has 0 saturated heterocycles. The predicted molar refractivity (Wildman–Crippen MR) is 64.4 cm³/mol. The van der Waals surface area contributed by atoms with Crippen LogP contribution in [-0.4, -0.2) is 7.11 Å². The van der Waals surface area contributed by atoms with Crippen LogP contribution in [-0.2, 0) is 6.18 Å². The van der Waals surface area contributed by atoms with Gasteiger partial charge in [0, 0.05) is 6.04 Å². The minimum atomic E-state index is -4.40. The van der Waals surface area contributed by atoms with Gasteiger partial charge >= 0.3 is 6.18 Å². The highest BCUT2D eigenvalue weighted by molar-refractivity contribution is 5.37. The number of nitrogens with two attached hydrogens (primary N) is 1. The van der Waals surface area contributed by atoms with Crippen molar-refractivity contribution in [2.24, 2.45) is 5.73 Å². The first-order valence-corrected chi connectivity index (χ1v) is 5.51. The fraction of sp³-hybridized carbons (Fsp3) is 0.385. The lowest BCUT2D eigenvalue weighted by atomic mass is 10.00. The van der Waals surface area contributed by atoms with Crippen LogP contribution in [0.25, 0.3) is 0 Å². The summed E-state index contributed by atoms with van der Waals surface area (Å²) in [7, 11) is 1.33. The molecule has 5 heteroatoms. The van der Waals surface area contributed by atoms with Gasteiger partial charge in [-0.15, -0.1) is 6.58 Å². The molecular weight excluding hydrogens is 243 g/mol. The lowest BCUT2D eigenvalue weighted by molar-refractivity contribution is -0.137. The molecule has 0 aliphatic rings. The van der Waals surface area contributed by atoms with Gasteiger partial charge in [0.25, 0.3) is 0 Å². The van der Waals surface area contributed by atoms with E-state index in [1.165, 1.54) is 13.2 Å². The average molecular weight is 259 g/mol. The standard InChI is InChI=1S/C13H16F3NO/c1-3-4-5-12(17)9-6-10(13(14,15)16)8-11(7-9)18-2/h3,6-8,12H,1,4-5,17H2,2H3/t12-/m1/s1.